The van der Waals surface area contributed by atoms with E-state index >= 15 is 0 Å². The van der Waals surface area contributed by atoms with Gasteiger partial charge in [-0.1, -0.05) is 41.9 Å². The highest BCUT2D eigenvalue weighted by Crippen LogP contribution is 2.43. The molecule has 2 saturated heterocycles. The maximum atomic E-state index is 13.0. The van der Waals surface area contributed by atoms with Crippen LogP contribution in [0.4, 0.5) is 0 Å². The summed E-state index contributed by atoms with van der Waals surface area (Å²) < 4.78 is 0. The summed E-state index contributed by atoms with van der Waals surface area (Å²) in [7, 11) is 0. The molecule has 4 heteroatoms. The van der Waals surface area contributed by atoms with Crippen molar-refractivity contribution in [1.29, 1.82) is 0 Å². The van der Waals surface area contributed by atoms with Gasteiger partial charge >= 0.3 is 0 Å². The Morgan fingerprint density at radius 2 is 1.78 bits per heavy atom. The number of nitrogens with zero attached hydrogens (tertiary/aromatic N) is 1. The van der Waals surface area contributed by atoms with Crippen LogP contribution < -0.4 is 5.32 Å². The van der Waals surface area contributed by atoms with E-state index < -0.39 is 0 Å². The summed E-state index contributed by atoms with van der Waals surface area (Å²) in [5.74, 6) is 1.13. The number of fused-ring (bicyclic) bond motifs is 1. The minimum atomic E-state index is 0.102. The smallest absolute Gasteiger partial charge is 0.254 e. The Kier molecular flexibility index (Phi) is 3.83. The topological polar surface area (TPSA) is 32.3 Å². The van der Waals surface area contributed by atoms with E-state index in [1.807, 2.05) is 18.2 Å². The van der Waals surface area contributed by atoms with E-state index in [9.17, 15) is 4.79 Å². The molecule has 23 heavy (non-hydrogen) atoms. The van der Waals surface area contributed by atoms with Gasteiger partial charge in [-0.05, 0) is 35.7 Å². The summed E-state index contributed by atoms with van der Waals surface area (Å²) in [4.78, 5) is 15.1. The Morgan fingerprint density at radius 1 is 1.04 bits per heavy atom. The molecule has 4 rings (SSSR count). The lowest BCUT2D eigenvalue weighted by Gasteiger charge is -2.28. The van der Waals surface area contributed by atoms with Gasteiger partial charge in [-0.2, -0.15) is 0 Å². The first-order valence-electron chi connectivity index (χ1n) is 8.06. The second-order valence-electron chi connectivity index (χ2n) is 6.40. The van der Waals surface area contributed by atoms with Crippen LogP contribution in [-0.2, 0) is 0 Å². The van der Waals surface area contributed by atoms with Gasteiger partial charge in [0.1, 0.15) is 0 Å². The average Bonchev–Trinajstić information content (AvgIpc) is 3.16. The maximum absolute atomic E-state index is 13.0. The number of amides is 1. The highest BCUT2D eigenvalue weighted by molar-refractivity contribution is 6.30. The van der Waals surface area contributed by atoms with Crippen LogP contribution in [0.25, 0.3) is 0 Å². The number of likely N-dealkylation sites (tertiary alicyclic amines) is 1. The number of halogens is 1. The average molecular weight is 327 g/mol. The number of hydrogen-bond donors (Lipinski definition) is 1. The third kappa shape index (κ3) is 2.64. The highest BCUT2D eigenvalue weighted by Gasteiger charge is 2.46. The van der Waals surface area contributed by atoms with Crippen molar-refractivity contribution >= 4 is 17.5 Å². The number of carbonyl (C=O) groups is 1. The molecular weight excluding hydrogens is 308 g/mol. The van der Waals surface area contributed by atoms with E-state index in [2.05, 4.69) is 34.5 Å². The Bertz CT molecular complexity index is 701. The summed E-state index contributed by atoms with van der Waals surface area (Å²) in [6.45, 7) is 2.80. The van der Waals surface area contributed by atoms with Crippen LogP contribution >= 0.6 is 11.6 Å². The van der Waals surface area contributed by atoms with Crippen molar-refractivity contribution in [3.63, 3.8) is 0 Å². The quantitative estimate of drug-likeness (QED) is 0.917. The third-order valence-electron chi connectivity index (χ3n) is 5.06. The Hall–Kier alpha value is -1.84. The van der Waals surface area contributed by atoms with Crippen molar-refractivity contribution in [3.05, 3.63) is 70.7 Å². The summed E-state index contributed by atoms with van der Waals surface area (Å²) in [5.41, 5.74) is 1.94. The maximum Gasteiger partial charge on any atom is 0.254 e. The van der Waals surface area contributed by atoms with Gasteiger partial charge in [-0.15, -0.1) is 0 Å². The lowest BCUT2D eigenvalue weighted by atomic mass is 9.89. The fraction of sp³-hybridized carbons (Fsp3) is 0.316. The monoisotopic (exact) mass is 326 g/mol. The van der Waals surface area contributed by atoms with Crippen molar-refractivity contribution in [2.75, 3.05) is 19.6 Å². The van der Waals surface area contributed by atoms with E-state index in [-0.39, 0.29) is 11.9 Å². The second kappa shape index (κ2) is 5.99. The predicted octanol–water partition coefficient (Wildman–Crippen LogP) is 3.37. The standard InChI is InChI=1S/C19H19ClN2O/c20-16-8-6-14(7-9-16)19(23)22-12-15-10-21-11-17(15)18(22)13-4-2-1-3-5-13/h1-9,15,17-18,21H,10-12H2/t15-,17-,18-/m0/s1. The molecule has 1 N–H and O–H groups in total. The van der Waals surface area contributed by atoms with E-state index in [0.29, 0.717) is 22.4 Å². The van der Waals surface area contributed by atoms with Gasteiger partial charge in [-0.25, -0.2) is 0 Å². The summed E-state index contributed by atoms with van der Waals surface area (Å²) in [5, 5.41) is 4.13. The molecule has 2 aliphatic rings. The Balaban J connectivity index is 1.68. The lowest BCUT2D eigenvalue weighted by Crippen LogP contribution is -2.34. The fourth-order valence-electron chi connectivity index (χ4n) is 3.97. The normalized spacial score (nSPS) is 26.3. The van der Waals surface area contributed by atoms with Gasteiger partial charge in [0.05, 0.1) is 6.04 Å². The summed E-state index contributed by atoms with van der Waals surface area (Å²) >= 11 is 5.95. The van der Waals surface area contributed by atoms with Crippen LogP contribution in [0.2, 0.25) is 5.02 Å². The molecule has 0 radical (unpaired) electrons. The molecule has 2 aromatic carbocycles. The van der Waals surface area contributed by atoms with Gasteiger partial charge < -0.3 is 10.2 Å². The molecule has 0 aromatic heterocycles. The molecule has 0 saturated carbocycles. The zero-order valence-corrected chi connectivity index (χ0v) is 13.5. The fourth-order valence-corrected chi connectivity index (χ4v) is 4.09. The van der Waals surface area contributed by atoms with Gasteiger partial charge in [0, 0.05) is 36.1 Å². The van der Waals surface area contributed by atoms with Crippen molar-refractivity contribution < 1.29 is 4.79 Å². The van der Waals surface area contributed by atoms with Crippen molar-refractivity contribution in [3.8, 4) is 0 Å². The van der Waals surface area contributed by atoms with Crippen molar-refractivity contribution in [2.45, 2.75) is 6.04 Å². The SMILES string of the molecule is O=C(c1ccc(Cl)cc1)N1C[C@@H]2CNC[C@@H]2[C@@H]1c1ccccc1. The van der Waals surface area contributed by atoms with Gasteiger partial charge in [0.2, 0.25) is 0 Å². The van der Waals surface area contributed by atoms with Crippen molar-refractivity contribution in [1.82, 2.24) is 10.2 Å². The van der Waals surface area contributed by atoms with Crippen molar-refractivity contribution in [2.24, 2.45) is 11.8 Å². The van der Waals surface area contributed by atoms with Crippen LogP contribution in [0.15, 0.2) is 54.6 Å². The Labute approximate surface area is 141 Å². The van der Waals surface area contributed by atoms with E-state index in [4.69, 9.17) is 11.6 Å². The molecule has 1 amide bonds. The molecule has 2 heterocycles. The predicted molar refractivity (Wildman–Crippen MR) is 91.5 cm³/mol. The molecule has 0 bridgehead atoms. The first-order chi connectivity index (χ1) is 11.2. The van der Waals surface area contributed by atoms with E-state index in [0.717, 1.165) is 19.6 Å². The second-order valence-corrected chi connectivity index (χ2v) is 6.84. The number of benzene rings is 2. The molecule has 3 nitrogen and oxygen atoms in total. The zero-order chi connectivity index (χ0) is 15.8. The molecular formula is C19H19ClN2O. The van der Waals surface area contributed by atoms with Gasteiger partial charge in [0.15, 0.2) is 0 Å². The number of hydrogen-bond acceptors (Lipinski definition) is 2. The van der Waals surface area contributed by atoms with Crippen LogP contribution in [0.1, 0.15) is 22.0 Å². The van der Waals surface area contributed by atoms with Crippen LogP contribution in [0.5, 0.6) is 0 Å². The van der Waals surface area contributed by atoms with E-state index in [1.165, 1.54) is 5.56 Å². The highest BCUT2D eigenvalue weighted by atomic mass is 35.5. The minimum absolute atomic E-state index is 0.102. The summed E-state index contributed by atoms with van der Waals surface area (Å²) in [6.07, 6.45) is 0. The number of carbonyl (C=O) groups excluding carboxylic acids is 1. The van der Waals surface area contributed by atoms with E-state index in [1.54, 1.807) is 12.1 Å². The number of nitrogens with one attached hydrogen (secondary N) is 1. The van der Waals surface area contributed by atoms with Crippen LogP contribution in [-0.4, -0.2) is 30.4 Å². The molecule has 2 fully saturated rings. The molecule has 0 aliphatic carbocycles. The van der Waals surface area contributed by atoms with Crippen LogP contribution in [0.3, 0.4) is 0 Å². The summed E-state index contributed by atoms with van der Waals surface area (Å²) in [6, 6.07) is 17.7. The molecule has 3 atom stereocenters. The first kappa shape index (κ1) is 14.7. The zero-order valence-electron chi connectivity index (χ0n) is 12.8. The molecule has 118 valence electrons. The third-order valence-corrected chi connectivity index (χ3v) is 5.31. The molecule has 0 spiro atoms. The van der Waals surface area contributed by atoms with Gasteiger partial charge in [-0.3, -0.25) is 4.79 Å². The lowest BCUT2D eigenvalue weighted by molar-refractivity contribution is 0.0714. The Morgan fingerprint density at radius 3 is 2.52 bits per heavy atom. The molecule has 2 aromatic rings. The minimum Gasteiger partial charge on any atom is -0.331 e. The largest absolute Gasteiger partial charge is 0.331 e. The molecule has 0 unspecified atom stereocenters. The van der Waals surface area contributed by atoms with Crippen LogP contribution in [0, 0.1) is 11.8 Å². The van der Waals surface area contributed by atoms with Gasteiger partial charge in [0.25, 0.3) is 5.91 Å². The molecule has 2 aliphatic heterocycles. The first-order valence-corrected chi connectivity index (χ1v) is 8.44. The number of rotatable bonds is 2.